The van der Waals surface area contributed by atoms with Crippen LogP contribution in [0.5, 0.6) is 0 Å². The van der Waals surface area contributed by atoms with Crippen LogP contribution in [-0.2, 0) is 6.54 Å². The zero-order chi connectivity index (χ0) is 16.8. The van der Waals surface area contributed by atoms with Gasteiger partial charge in [0.05, 0.1) is 6.33 Å². The highest BCUT2D eigenvalue weighted by molar-refractivity contribution is 8.12. The number of benzene rings is 1. The number of anilines is 1. The lowest BCUT2D eigenvalue weighted by Gasteiger charge is -2.09. The minimum Gasteiger partial charge on any atom is -0.364 e. The Bertz CT molecular complexity index is 729. The number of nitrogens with one attached hydrogen (secondary N) is 2. The minimum absolute atomic E-state index is 0.0404. The average Bonchev–Trinajstić information content (AvgIpc) is 2.96. The van der Waals surface area contributed by atoms with Gasteiger partial charge in [0, 0.05) is 24.1 Å². The normalized spacial score (nSPS) is 10.1. The maximum atomic E-state index is 11.9. The molecule has 1 heterocycles. The van der Waals surface area contributed by atoms with E-state index < -0.39 is 11.9 Å². The molecule has 0 fully saturated rings. The van der Waals surface area contributed by atoms with Gasteiger partial charge in [0.15, 0.2) is 5.69 Å². The molecule has 0 radical (unpaired) electrons. The van der Waals surface area contributed by atoms with Gasteiger partial charge in [-0.3, -0.25) is 19.6 Å². The van der Waals surface area contributed by atoms with E-state index in [0.29, 0.717) is 24.1 Å². The van der Waals surface area contributed by atoms with Crippen LogP contribution in [0.3, 0.4) is 0 Å². The fraction of sp³-hybridized carbons (Fsp3) is 0.143. The number of nitrogens with two attached hydrogens (primary N) is 1. The van der Waals surface area contributed by atoms with Gasteiger partial charge in [0.2, 0.25) is 5.12 Å². The lowest BCUT2D eigenvalue weighted by atomic mass is 10.2. The van der Waals surface area contributed by atoms with Crippen molar-refractivity contribution in [2.45, 2.75) is 13.5 Å². The number of amides is 3. The van der Waals surface area contributed by atoms with Crippen molar-refractivity contribution in [1.29, 1.82) is 0 Å². The molecule has 0 aliphatic heterocycles. The molecule has 23 heavy (non-hydrogen) atoms. The Balaban J connectivity index is 1.99. The van der Waals surface area contributed by atoms with Gasteiger partial charge in [-0.1, -0.05) is 30.3 Å². The second kappa shape index (κ2) is 7.45. The molecule has 4 N–H and O–H groups in total. The monoisotopic (exact) mass is 333 g/mol. The van der Waals surface area contributed by atoms with Crippen LogP contribution < -0.4 is 15.8 Å². The van der Waals surface area contributed by atoms with E-state index in [-0.39, 0.29) is 16.6 Å². The van der Waals surface area contributed by atoms with Gasteiger partial charge in [-0.05, 0) is 6.92 Å². The maximum Gasteiger partial charge on any atom is 0.330 e. The van der Waals surface area contributed by atoms with Crippen LogP contribution in [0.15, 0.2) is 36.7 Å². The van der Waals surface area contributed by atoms with Crippen molar-refractivity contribution in [3.8, 4) is 0 Å². The highest BCUT2D eigenvalue weighted by Crippen LogP contribution is 2.15. The molecular formula is C14H15N5O3S. The Morgan fingerprint density at radius 3 is 2.57 bits per heavy atom. The summed E-state index contributed by atoms with van der Waals surface area (Å²) in [5, 5.41) is 2.17. The predicted octanol–water partition coefficient (Wildman–Crippen LogP) is 1.61. The zero-order valence-electron chi connectivity index (χ0n) is 12.3. The van der Waals surface area contributed by atoms with E-state index in [1.54, 1.807) is 34.9 Å². The maximum absolute atomic E-state index is 11.9. The SMILES string of the molecule is CCn1cnc(C(N)=O)c1NC(=O)NSC(=O)c1ccccc1. The summed E-state index contributed by atoms with van der Waals surface area (Å²) in [6.07, 6.45) is 1.40. The molecule has 0 unspecified atom stereocenters. The van der Waals surface area contributed by atoms with Crippen LogP contribution in [0.2, 0.25) is 0 Å². The van der Waals surface area contributed by atoms with Crippen LogP contribution in [0.1, 0.15) is 27.8 Å². The predicted molar refractivity (Wildman–Crippen MR) is 86.9 cm³/mol. The number of hydrogen-bond acceptors (Lipinski definition) is 5. The third kappa shape index (κ3) is 4.10. The van der Waals surface area contributed by atoms with E-state index in [2.05, 4.69) is 15.0 Å². The number of hydrogen-bond donors (Lipinski definition) is 3. The summed E-state index contributed by atoms with van der Waals surface area (Å²) >= 11 is 0.640. The van der Waals surface area contributed by atoms with Crippen molar-refractivity contribution in [2.75, 3.05) is 5.32 Å². The van der Waals surface area contributed by atoms with Gasteiger partial charge in [-0.25, -0.2) is 9.78 Å². The lowest BCUT2D eigenvalue weighted by Crippen LogP contribution is -2.27. The van der Waals surface area contributed by atoms with Gasteiger partial charge in [0.1, 0.15) is 5.82 Å². The van der Waals surface area contributed by atoms with E-state index in [0.717, 1.165) is 0 Å². The smallest absolute Gasteiger partial charge is 0.330 e. The largest absolute Gasteiger partial charge is 0.364 e. The number of carbonyl (C=O) groups is 3. The molecule has 2 aromatic rings. The van der Waals surface area contributed by atoms with Crippen LogP contribution in [0, 0.1) is 0 Å². The molecule has 2 rings (SSSR count). The average molecular weight is 333 g/mol. The topological polar surface area (TPSA) is 119 Å². The Morgan fingerprint density at radius 1 is 1.26 bits per heavy atom. The third-order valence-corrected chi connectivity index (χ3v) is 3.60. The van der Waals surface area contributed by atoms with Crippen molar-refractivity contribution in [1.82, 2.24) is 14.3 Å². The quantitative estimate of drug-likeness (QED) is 0.734. The molecular weight excluding hydrogens is 318 g/mol. The summed E-state index contributed by atoms with van der Waals surface area (Å²) in [6, 6.07) is 7.88. The van der Waals surface area contributed by atoms with Gasteiger partial charge < -0.3 is 10.3 Å². The van der Waals surface area contributed by atoms with Crippen molar-refractivity contribution >= 4 is 34.8 Å². The first-order valence-corrected chi connectivity index (χ1v) is 7.52. The second-order valence-corrected chi connectivity index (χ2v) is 5.18. The Morgan fingerprint density at radius 2 is 1.96 bits per heavy atom. The number of nitrogens with zero attached hydrogens (tertiary/aromatic N) is 2. The molecule has 8 nitrogen and oxygen atoms in total. The number of aryl methyl sites for hydroxylation is 1. The second-order valence-electron chi connectivity index (χ2n) is 4.40. The van der Waals surface area contributed by atoms with E-state index in [4.69, 9.17) is 5.73 Å². The summed E-state index contributed by atoms with van der Waals surface area (Å²) < 4.78 is 3.92. The number of rotatable bonds is 4. The third-order valence-electron chi connectivity index (χ3n) is 2.89. The summed E-state index contributed by atoms with van der Waals surface area (Å²) in [5.41, 5.74) is 5.64. The van der Waals surface area contributed by atoms with Gasteiger partial charge in [-0.15, -0.1) is 0 Å². The van der Waals surface area contributed by atoms with Crippen LogP contribution >= 0.6 is 11.9 Å². The number of imidazole rings is 1. The highest BCUT2D eigenvalue weighted by Gasteiger charge is 2.18. The van der Waals surface area contributed by atoms with Gasteiger partial charge in [0.25, 0.3) is 5.91 Å². The number of aromatic nitrogens is 2. The molecule has 1 aromatic heterocycles. The molecule has 3 amide bonds. The van der Waals surface area contributed by atoms with Crippen LogP contribution in [-0.4, -0.2) is 26.6 Å². The van der Waals surface area contributed by atoms with Crippen molar-refractivity contribution < 1.29 is 14.4 Å². The molecule has 0 atom stereocenters. The number of carbonyl (C=O) groups excluding carboxylic acids is 3. The molecule has 0 bridgehead atoms. The lowest BCUT2D eigenvalue weighted by molar-refractivity contribution is 0.0996. The molecule has 1 aromatic carbocycles. The molecule has 0 saturated carbocycles. The molecule has 120 valence electrons. The number of primary amides is 1. The zero-order valence-corrected chi connectivity index (χ0v) is 13.1. The number of urea groups is 1. The fourth-order valence-corrected chi connectivity index (χ4v) is 2.28. The van der Waals surface area contributed by atoms with E-state index >= 15 is 0 Å². The first kappa shape index (κ1) is 16.6. The minimum atomic E-state index is -0.750. The van der Waals surface area contributed by atoms with E-state index in [9.17, 15) is 14.4 Å². The van der Waals surface area contributed by atoms with Crippen molar-refractivity contribution in [3.05, 3.63) is 47.9 Å². The molecule has 9 heteroatoms. The summed E-state index contributed by atoms with van der Waals surface area (Å²) in [5.74, 6) is -0.564. The molecule has 0 aliphatic carbocycles. The van der Waals surface area contributed by atoms with Crippen molar-refractivity contribution in [3.63, 3.8) is 0 Å². The Kier molecular flexibility index (Phi) is 5.36. The fourth-order valence-electron chi connectivity index (χ4n) is 1.79. The Hall–Kier alpha value is -2.81. The van der Waals surface area contributed by atoms with Gasteiger partial charge >= 0.3 is 6.03 Å². The standard InChI is InChI=1S/C14H15N5O3S/c1-2-19-8-16-10(11(15)20)12(19)17-14(22)18-23-13(21)9-6-4-3-5-7-9/h3-8H,2H2,1H3,(H2,15,20)(H2,17,18,22). The van der Waals surface area contributed by atoms with Gasteiger partial charge in [-0.2, -0.15) is 0 Å². The summed E-state index contributed by atoms with van der Waals surface area (Å²) in [6.45, 7) is 2.31. The Labute approximate surface area is 136 Å². The van der Waals surface area contributed by atoms with Crippen LogP contribution in [0.4, 0.5) is 10.6 Å². The summed E-state index contributed by atoms with van der Waals surface area (Å²) in [7, 11) is 0. The van der Waals surface area contributed by atoms with Crippen molar-refractivity contribution in [2.24, 2.45) is 5.73 Å². The first-order valence-electron chi connectivity index (χ1n) is 6.71. The first-order chi connectivity index (χ1) is 11.0. The van der Waals surface area contributed by atoms with E-state index in [1.165, 1.54) is 6.33 Å². The molecule has 0 aliphatic rings. The van der Waals surface area contributed by atoms with Crippen LogP contribution in [0.25, 0.3) is 0 Å². The molecule has 0 spiro atoms. The summed E-state index contributed by atoms with van der Waals surface area (Å²) in [4.78, 5) is 38.9. The van der Waals surface area contributed by atoms with E-state index in [1.807, 2.05) is 6.92 Å². The molecule has 0 saturated heterocycles. The highest BCUT2D eigenvalue weighted by atomic mass is 32.2.